The molecule has 1 heterocycles. The van der Waals surface area contributed by atoms with Gasteiger partial charge in [-0.3, -0.25) is 0 Å². The van der Waals surface area contributed by atoms with Gasteiger partial charge in [-0.05, 0) is 23.8 Å². The number of nitriles is 1. The van der Waals surface area contributed by atoms with Crippen LogP contribution < -0.4 is 19.9 Å². The maximum Gasteiger partial charge on any atom is 0.205 e. The number of nitrogens with zero attached hydrogens (tertiary/aromatic N) is 1. The second-order valence-corrected chi connectivity index (χ2v) is 5.11. The number of benzene rings is 2. The van der Waals surface area contributed by atoms with E-state index in [-0.39, 0.29) is 11.8 Å². The van der Waals surface area contributed by atoms with Crippen LogP contribution in [0.25, 0.3) is 0 Å². The lowest BCUT2D eigenvalue weighted by molar-refractivity contribution is 0.380. The minimum atomic E-state index is -0.301. The van der Waals surface area contributed by atoms with E-state index in [2.05, 4.69) is 6.07 Å². The molecule has 0 radical (unpaired) electrons. The fraction of sp³-hybridized carbons (Fsp3) is 0.167. The molecule has 0 spiro atoms. The number of hydrogen-bond donors (Lipinski definition) is 1. The molecule has 1 aliphatic rings. The number of hydrogen-bond acceptors (Lipinski definition) is 5. The Morgan fingerprint density at radius 1 is 1.09 bits per heavy atom. The summed E-state index contributed by atoms with van der Waals surface area (Å²) in [5, 5.41) is 9.52. The Morgan fingerprint density at radius 3 is 2.52 bits per heavy atom. The summed E-state index contributed by atoms with van der Waals surface area (Å²) in [5.74, 6) is 1.79. The summed E-state index contributed by atoms with van der Waals surface area (Å²) in [6, 6.07) is 15.2. The lowest BCUT2D eigenvalue weighted by Crippen LogP contribution is -2.21. The molecular formula is C18H16N2O3. The van der Waals surface area contributed by atoms with Crippen molar-refractivity contribution in [1.29, 1.82) is 5.26 Å². The quantitative estimate of drug-likeness (QED) is 0.943. The van der Waals surface area contributed by atoms with E-state index in [0.717, 1.165) is 16.9 Å². The Balaban J connectivity index is 2.19. The Kier molecular flexibility index (Phi) is 3.82. The molecule has 1 atom stereocenters. The molecule has 0 saturated carbocycles. The van der Waals surface area contributed by atoms with Crippen molar-refractivity contribution in [3.63, 3.8) is 0 Å². The van der Waals surface area contributed by atoms with Gasteiger partial charge in [0, 0.05) is 11.6 Å². The van der Waals surface area contributed by atoms with Gasteiger partial charge >= 0.3 is 0 Å². The molecule has 2 aromatic carbocycles. The van der Waals surface area contributed by atoms with Gasteiger partial charge in [-0.2, -0.15) is 5.26 Å². The van der Waals surface area contributed by atoms with Gasteiger partial charge in [-0.25, -0.2) is 0 Å². The number of fused-ring (bicyclic) bond motifs is 1. The average molecular weight is 308 g/mol. The topological polar surface area (TPSA) is 77.5 Å². The number of methoxy groups -OCH3 is 2. The van der Waals surface area contributed by atoms with Crippen molar-refractivity contribution in [2.75, 3.05) is 14.2 Å². The monoisotopic (exact) mass is 308 g/mol. The first-order valence-electron chi connectivity index (χ1n) is 7.07. The summed E-state index contributed by atoms with van der Waals surface area (Å²) in [4.78, 5) is 0. The van der Waals surface area contributed by atoms with Crippen LogP contribution in [0.1, 0.15) is 17.0 Å². The fourth-order valence-electron chi connectivity index (χ4n) is 2.73. The van der Waals surface area contributed by atoms with Crippen molar-refractivity contribution in [2.24, 2.45) is 5.73 Å². The molecular weight excluding hydrogens is 292 g/mol. The number of allylic oxidation sites excluding steroid dienone is 1. The van der Waals surface area contributed by atoms with Crippen LogP contribution in [0.2, 0.25) is 0 Å². The smallest absolute Gasteiger partial charge is 0.205 e. The molecule has 0 fully saturated rings. The van der Waals surface area contributed by atoms with Gasteiger partial charge in [0.1, 0.15) is 28.9 Å². The zero-order valence-electron chi connectivity index (χ0n) is 12.9. The van der Waals surface area contributed by atoms with Crippen molar-refractivity contribution in [1.82, 2.24) is 0 Å². The van der Waals surface area contributed by atoms with Crippen LogP contribution in [0.15, 0.2) is 53.9 Å². The molecule has 3 rings (SSSR count). The first-order chi connectivity index (χ1) is 11.2. The van der Waals surface area contributed by atoms with Crippen molar-refractivity contribution in [2.45, 2.75) is 5.92 Å². The minimum Gasteiger partial charge on any atom is -0.497 e. The first-order valence-corrected chi connectivity index (χ1v) is 7.07. The van der Waals surface area contributed by atoms with E-state index >= 15 is 0 Å². The van der Waals surface area contributed by atoms with Crippen LogP contribution in [-0.2, 0) is 0 Å². The van der Waals surface area contributed by atoms with Crippen LogP contribution >= 0.6 is 0 Å². The molecule has 2 N–H and O–H groups in total. The molecule has 5 nitrogen and oxygen atoms in total. The van der Waals surface area contributed by atoms with Crippen LogP contribution in [0.3, 0.4) is 0 Å². The first kappa shape index (κ1) is 14.8. The van der Waals surface area contributed by atoms with Gasteiger partial charge in [-0.1, -0.05) is 18.2 Å². The van der Waals surface area contributed by atoms with Crippen LogP contribution in [0.4, 0.5) is 0 Å². The molecule has 5 heteroatoms. The Morgan fingerprint density at radius 2 is 1.83 bits per heavy atom. The zero-order chi connectivity index (χ0) is 16.4. The predicted molar refractivity (Wildman–Crippen MR) is 85.3 cm³/mol. The largest absolute Gasteiger partial charge is 0.497 e. The van der Waals surface area contributed by atoms with Gasteiger partial charge in [0.15, 0.2) is 0 Å². The molecule has 0 bridgehead atoms. The highest BCUT2D eigenvalue weighted by Crippen LogP contribution is 2.43. The van der Waals surface area contributed by atoms with Crippen LogP contribution in [0, 0.1) is 11.3 Å². The SMILES string of the molecule is COc1cccc([C@H]2C(C#N)=C(N)Oc3cc(OC)ccc32)c1. The average Bonchev–Trinajstić information content (AvgIpc) is 2.59. The Hall–Kier alpha value is -3.13. The van der Waals surface area contributed by atoms with E-state index in [9.17, 15) is 5.26 Å². The zero-order valence-corrected chi connectivity index (χ0v) is 12.9. The van der Waals surface area contributed by atoms with E-state index in [0.29, 0.717) is 17.1 Å². The second kappa shape index (κ2) is 5.93. The molecule has 2 aromatic rings. The maximum atomic E-state index is 9.52. The highest BCUT2D eigenvalue weighted by Gasteiger charge is 2.31. The highest BCUT2D eigenvalue weighted by atomic mass is 16.5. The third kappa shape index (κ3) is 2.55. The molecule has 116 valence electrons. The van der Waals surface area contributed by atoms with Crippen molar-refractivity contribution in [3.05, 3.63) is 65.0 Å². The molecule has 0 saturated heterocycles. The number of nitrogens with two attached hydrogens (primary N) is 1. The van der Waals surface area contributed by atoms with Gasteiger partial charge in [0.05, 0.1) is 20.1 Å². The van der Waals surface area contributed by atoms with E-state index < -0.39 is 0 Å². The number of rotatable bonds is 3. The summed E-state index contributed by atoms with van der Waals surface area (Å²) in [7, 11) is 3.20. The maximum absolute atomic E-state index is 9.52. The summed E-state index contributed by atoms with van der Waals surface area (Å²) in [6.45, 7) is 0. The highest BCUT2D eigenvalue weighted by molar-refractivity contribution is 5.57. The van der Waals surface area contributed by atoms with Crippen molar-refractivity contribution >= 4 is 0 Å². The van der Waals surface area contributed by atoms with Gasteiger partial charge in [0.2, 0.25) is 5.88 Å². The fourth-order valence-corrected chi connectivity index (χ4v) is 2.73. The molecule has 0 amide bonds. The molecule has 1 aliphatic heterocycles. The van der Waals surface area contributed by atoms with Crippen molar-refractivity contribution < 1.29 is 14.2 Å². The molecule has 23 heavy (non-hydrogen) atoms. The van der Waals surface area contributed by atoms with Gasteiger partial charge < -0.3 is 19.9 Å². The van der Waals surface area contributed by atoms with Gasteiger partial charge in [-0.15, -0.1) is 0 Å². The van der Waals surface area contributed by atoms with E-state index in [1.165, 1.54) is 0 Å². The summed E-state index contributed by atoms with van der Waals surface area (Å²) >= 11 is 0. The van der Waals surface area contributed by atoms with E-state index in [4.69, 9.17) is 19.9 Å². The lowest BCUT2D eigenvalue weighted by Gasteiger charge is -2.26. The predicted octanol–water partition coefficient (Wildman–Crippen LogP) is 2.92. The third-order valence-corrected chi connectivity index (χ3v) is 3.85. The standard InChI is InChI=1S/C18H16N2O3/c1-21-12-5-3-4-11(8-12)17-14-7-6-13(22-2)9-16(14)23-18(20)15(17)10-19/h3-9,17H,20H2,1-2H3/t17-/m1/s1. The minimum absolute atomic E-state index is 0.112. The third-order valence-electron chi connectivity index (χ3n) is 3.85. The molecule has 0 aliphatic carbocycles. The van der Waals surface area contributed by atoms with Gasteiger partial charge in [0.25, 0.3) is 0 Å². The summed E-state index contributed by atoms with van der Waals surface area (Å²) < 4.78 is 16.1. The molecule has 0 aromatic heterocycles. The lowest BCUT2D eigenvalue weighted by atomic mass is 9.83. The van der Waals surface area contributed by atoms with Crippen LogP contribution in [0.5, 0.6) is 17.2 Å². The summed E-state index contributed by atoms with van der Waals surface area (Å²) in [6.07, 6.45) is 0. The van der Waals surface area contributed by atoms with E-state index in [1.807, 2.05) is 36.4 Å². The Bertz CT molecular complexity index is 821. The second-order valence-electron chi connectivity index (χ2n) is 5.11. The molecule has 0 unspecified atom stereocenters. The van der Waals surface area contributed by atoms with Crippen LogP contribution in [-0.4, -0.2) is 14.2 Å². The summed E-state index contributed by atoms with van der Waals surface area (Å²) in [5.41, 5.74) is 8.12. The normalized spacial score (nSPS) is 16.1. The van der Waals surface area contributed by atoms with E-state index in [1.54, 1.807) is 20.3 Å². The van der Waals surface area contributed by atoms with Crippen molar-refractivity contribution in [3.8, 4) is 23.3 Å². The number of ether oxygens (including phenoxy) is 3. The Labute approximate surface area is 134 Å².